The van der Waals surface area contributed by atoms with Crippen molar-refractivity contribution in [3.8, 4) is 0 Å². The van der Waals surface area contributed by atoms with Crippen LogP contribution in [0.3, 0.4) is 0 Å². The summed E-state index contributed by atoms with van der Waals surface area (Å²) in [6, 6.07) is 7.39. The molecule has 1 aromatic carbocycles. The first-order chi connectivity index (χ1) is 8.93. The maximum Gasteiger partial charge on any atom is 0.337 e. The van der Waals surface area contributed by atoms with E-state index in [2.05, 4.69) is 0 Å². The number of benzene rings is 1. The van der Waals surface area contributed by atoms with Crippen LogP contribution < -0.4 is 5.73 Å². The summed E-state index contributed by atoms with van der Waals surface area (Å²) in [6.45, 7) is 1.56. The summed E-state index contributed by atoms with van der Waals surface area (Å²) in [5.41, 5.74) is 5.94. The molecule has 1 rings (SSSR count). The topological polar surface area (TPSA) is 110 Å². The second kappa shape index (κ2) is 6.86. The van der Waals surface area contributed by atoms with E-state index in [1.165, 1.54) is 0 Å². The lowest BCUT2D eigenvalue weighted by molar-refractivity contribution is -0.152. The van der Waals surface area contributed by atoms with E-state index >= 15 is 0 Å². The average Bonchev–Trinajstić information content (AvgIpc) is 2.38. The van der Waals surface area contributed by atoms with E-state index in [1.807, 2.05) is 0 Å². The van der Waals surface area contributed by atoms with Crippen LogP contribution in [-0.2, 0) is 14.3 Å². The molecule has 104 valence electrons. The molecule has 6 nitrogen and oxygen atoms in total. The summed E-state index contributed by atoms with van der Waals surface area (Å²) in [5.74, 6) is -2.74. The van der Waals surface area contributed by atoms with E-state index in [-0.39, 0.29) is 6.61 Å². The van der Waals surface area contributed by atoms with Gasteiger partial charge in [-0.05, 0) is 5.56 Å². The summed E-state index contributed by atoms with van der Waals surface area (Å²) in [7, 11) is 0. The second-order valence-electron chi connectivity index (χ2n) is 4.30. The highest BCUT2D eigenvalue weighted by atomic mass is 16.5. The van der Waals surface area contributed by atoms with Crippen molar-refractivity contribution in [3.05, 3.63) is 35.9 Å². The minimum Gasteiger partial charge on any atom is -0.480 e. The van der Waals surface area contributed by atoms with Gasteiger partial charge in [0.2, 0.25) is 0 Å². The Morgan fingerprint density at radius 2 is 1.79 bits per heavy atom. The second-order valence-corrected chi connectivity index (χ2v) is 4.30. The molecular formula is C13H17NO5. The SMILES string of the molecule is CC(COC(C(=O)O)c1ccccc1)[C@H](N)C(=O)O. The number of hydrogen-bond donors (Lipinski definition) is 3. The highest BCUT2D eigenvalue weighted by Crippen LogP contribution is 2.19. The van der Waals surface area contributed by atoms with Crippen LogP contribution in [0.5, 0.6) is 0 Å². The van der Waals surface area contributed by atoms with Crippen LogP contribution in [0.15, 0.2) is 30.3 Å². The Morgan fingerprint density at radius 3 is 2.26 bits per heavy atom. The summed E-state index contributed by atoms with van der Waals surface area (Å²) in [5, 5.41) is 17.9. The zero-order valence-corrected chi connectivity index (χ0v) is 10.5. The van der Waals surface area contributed by atoms with Gasteiger partial charge in [0.1, 0.15) is 6.04 Å². The monoisotopic (exact) mass is 267 g/mol. The normalized spacial score (nSPS) is 15.5. The van der Waals surface area contributed by atoms with Gasteiger partial charge < -0.3 is 20.7 Å². The summed E-state index contributed by atoms with van der Waals surface area (Å²) in [6.07, 6.45) is -1.12. The lowest BCUT2D eigenvalue weighted by Crippen LogP contribution is -2.39. The molecule has 3 atom stereocenters. The molecule has 0 saturated carbocycles. The van der Waals surface area contributed by atoms with Gasteiger partial charge in [0, 0.05) is 5.92 Å². The third-order valence-electron chi connectivity index (χ3n) is 2.75. The fraction of sp³-hybridized carbons (Fsp3) is 0.385. The predicted octanol–water partition coefficient (Wildman–Crippen LogP) is 0.877. The third kappa shape index (κ3) is 4.35. The zero-order valence-electron chi connectivity index (χ0n) is 10.5. The highest BCUT2D eigenvalue weighted by molar-refractivity contribution is 5.74. The quantitative estimate of drug-likeness (QED) is 0.676. The van der Waals surface area contributed by atoms with E-state index in [0.717, 1.165) is 0 Å². The molecule has 0 aliphatic heterocycles. The van der Waals surface area contributed by atoms with Gasteiger partial charge in [0.05, 0.1) is 6.61 Å². The fourth-order valence-electron chi connectivity index (χ4n) is 1.53. The first kappa shape index (κ1) is 15.1. The lowest BCUT2D eigenvalue weighted by Gasteiger charge is -2.19. The van der Waals surface area contributed by atoms with Gasteiger partial charge in [-0.25, -0.2) is 4.79 Å². The van der Waals surface area contributed by atoms with Crippen molar-refractivity contribution < 1.29 is 24.5 Å². The summed E-state index contributed by atoms with van der Waals surface area (Å²) < 4.78 is 5.28. The third-order valence-corrected chi connectivity index (χ3v) is 2.75. The molecule has 6 heteroatoms. The number of carboxylic acid groups (broad SMARTS) is 2. The molecule has 0 bridgehead atoms. The number of rotatable bonds is 7. The van der Waals surface area contributed by atoms with Crippen molar-refractivity contribution in [1.29, 1.82) is 0 Å². The smallest absolute Gasteiger partial charge is 0.337 e. The summed E-state index contributed by atoms with van der Waals surface area (Å²) >= 11 is 0. The van der Waals surface area contributed by atoms with E-state index in [4.69, 9.17) is 20.7 Å². The lowest BCUT2D eigenvalue weighted by atomic mass is 10.0. The van der Waals surface area contributed by atoms with Gasteiger partial charge in [-0.1, -0.05) is 37.3 Å². The van der Waals surface area contributed by atoms with Crippen LogP contribution in [0.1, 0.15) is 18.6 Å². The molecule has 0 amide bonds. The van der Waals surface area contributed by atoms with Crippen LogP contribution >= 0.6 is 0 Å². The Balaban J connectivity index is 2.66. The molecule has 4 N–H and O–H groups in total. The molecule has 19 heavy (non-hydrogen) atoms. The Hall–Kier alpha value is -1.92. The Bertz CT molecular complexity index is 434. The maximum atomic E-state index is 11.1. The molecule has 0 radical (unpaired) electrons. The van der Waals surface area contributed by atoms with E-state index in [0.29, 0.717) is 5.56 Å². The minimum atomic E-state index is -1.14. The Morgan fingerprint density at radius 1 is 1.21 bits per heavy atom. The van der Waals surface area contributed by atoms with Crippen molar-refractivity contribution in [3.63, 3.8) is 0 Å². The number of nitrogens with two attached hydrogens (primary N) is 1. The van der Waals surface area contributed by atoms with Crippen molar-refractivity contribution >= 4 is 11.9 Å². The van der Waals surface area contributed by atoms with E-state index in [1.54, 1.807) is 37.3 Å². The number of ether oxygens (including phenoxy) is 1. The fourth-order valence-corrected chi connectivity index (χ4v) is 1.53. The molecule has 2 unspecified atom stereocenters. The molecule has 0 aliphatic rings. The summed E-state index contributed by atoms with van der Waals surface area (Å²) in [4.78, 5) is 21.8. The predicted molar refractivity (Wildman–Crippen MR) is 67.5 cm³/mol. The van der Waals surface area contributed by atoms with Gasteiger partial charge >= 0.3 is 11.9 Å². The highest BCUT2D eigenvalue weighted by Gasteiger charge is 2.25. The molecule has 0 fully saturated rings. The van der Waals surface area contributed by atoms with Crippen LogP contribution in [0.2, 0.25) is 0 Å². The van der Waals surface area contributed by atoms with Gasteiger partial charge in [0.15, 0.2) is 6.10 Å². The largest absolute Gasteiger partial charge is 0.480 e. The van der Waals surface area contributed by atoms with Gasteiger partial charge in [0.25, 0.3) is 0 Å². The van der Waals surface area contributed by atoms with E-state index < -0.39 is 30.0 Å². The number of carbonyl (C=O) groups is 2. The number of aliphatic carboxylic acids is 2. The minimum absolute atomic E-state index is 0.0423. The number of hydrogen-bond acceptors (Lipinski definition) is 4. The molecule has 1 aromatic rings. The zero-order chi connectivity index (χ0) is 14.4. The standard InChI is InChI=1S/C13H17NO5/c1-8(10(14)12(15)16)7-19-11(13(17)18)9-5-3-2-4-6-9/h2-6,8,10-11H,7,14H2,1H3,(H,15,16)(H,17,18)/t8?,10-,11?/m0/s1. The van der Waals surface area contributed by atoms with Gasteiger partial charge in [-0.2, -0.15) is 0 Å². The molecular weight excluding hydrogens is 250 g/mol. The van der Waals surface area contributed by atoms with Crippen LogP contribution in [0, 0.1) is 5.92 Å². The molecule has 0 aromatic heterocycles. The molecule has 0 spiro atoms. The van der Waals surface area contributed by atoms with Crippen LogP contribution in [0.25, 0.3) is 0 Å². The molecule has 0 heterocycles. The Labute approximate surface area is 110 Å². The van der Waals surface area contributed by atoms with Crippen molar-refractivity contribution in [2.45, 2.75) is 19.1 Å². The van der Waals surface area contributed by atoms with Crippen LogP contribution in [-0.4, -0.2) is 34.8 Å². The van der Waals surface area contributed by atoms with Gasteiger partial charge in [-0.15, -0.1) is 0 Å². The van der Waals surface area contributed by atoms with E-state index in [9.17, 15) is 9.59 Å². The van der Waals surface area contributed by atoms with Crippen molar-refractivity contribution in [2.24, 2.45) is 11.7 Å². The first-order valence-electron chi connectivity index (χ1n) is 5.81. The van der Waals surface area contributed by atoms with Crippen molar-refractivity contribution in [1.82, 2.24) is 0 Å². The van der Waals surface area contributed by atoms with Gasteiger partial charge in [-0.3, -0.25) is 4.79 Å². The molecule has 0 aliphatic carbocycles. The Kier molecular flexibility index (Phi) is 5.47. The first-order valence-corrected chi connectivity index (χ1v) is 5.81. The van der Waals surface area contributed by atoms with Crippen LogP contribution in [0.4, 0.5) is 0 Å². The maximum absolute atomic E-state index is 11.1. The molecule has 0 saturated heterocycles. The average molecular weight is 267 g/mol. The number of carboxylic acids is 2. The van der Waals surface area contributed by atoms with Crippen molar-refractivity contribution in [2.75, 3.05) is 6.61 Å².